The molecule has 0 atom stereocenters. The highest BCUT2D eigenvalue weighted by molar-refractivity contribution is 14.1. The summed E-state index contributed by atoms with van der Waals surface area (Å²) in [5, 5.41) is 2.90. The molecule has 0 aliphatic rings. The third-order valence-electron chi connectivity index (χ3n) is 3.83. The van der Waals surface area contributed by atoms with E-state index in [1.54, 1.807) is 12.1 Å². The number of ether oxygens (including phenoxy) is 2. The smallest absolute Gasteiger partial charge is 0.255 e. The molecule has 138 valence electrons. The first-order valence-corrected chi connectivity index (χ1v) is 9.74. The van der Waals surface area contributed by atoms with E-state index < -0.39 is 0 Å². The third-order valence-corrected chi connectivity index (χ3v) is 4.63. The average molecular weight is 473 g/mol. The maximum Gasteiger partial charge on any atom is 0.255 e. The molecule has 3 aromatic carbocycles. The van der Waals surface area contributed by atoms with Crippen molar-refractivity contribution >= 4 is 34.2 Å². The van der Waals surface area contributed by atoms with Crippen molar-refractivity contribution in [2.24, 2.45) is 0 Å². The second kappa shape index (κ2) is 9.41. The highest BCUT2D eigenvalue weighted by atomic mass is 127. The highest BCUT2D eigenvalue weighted by Gasteiger charge is 2.16. The van der Waals surface area contributed by atoms with E-state index in [2.05, 4.69) is 27.9 Å². The summed E-state index contributed by atoms with van der Waals surface area (Å²) >= 11 is 2.17. The van der Waals surface area contributed by atoms with Gasteiger partial charge >= 0.3 is 0 Å². The minimum Gasteiger partial charge on any atom is -0.489 e. The second-order valence-corrected chi connectivity index (χ2v) is 6.97. The molecule has 5 heteroatoms. The van der Waals surface area contributed by atoms with Crippen LogP contribution in [0.2, 0.25) is 0 Å². The van der Waals surface area contributed by atoms with Crippen LogP contribution in [0.25, 0.3) is 0 Å². The van der Waals surface area contributed by atoms with Crippen LogP contribution in [0.1, 0.15) is 22.8 Å². The molecule has 0 aromatic heterocycles. The average Bonchev–Trinajstić information content (AvgIpc) is 2.70. The van der Waals surface area contributed by atoms with Crippen LogP contribution < -0.4 is 14.8 Å². The van der Waals surface area contributed by atoms with Crippen molar-refractivity contribution in [3.8, 4) is 11.5 Å². The Morgan fingerprint density at radius 2 is 1.63 bits per heavy atom. The Morgan fingerprint density at radius 3 is 2.30 bits per heavy atom. The quantitative estimate of drug-likeness (QED) is 0.460. The minimum absolute atomic E-state index is 0.188. The van der Waals surface area contributed by atoms with Crippen LogP contribution in [0, 0.1) is 3.57 Å². The second-order valence-electron chi connectivity index (χ2n) is 5.81. The largest absolute Gasteiger partial charge is 0.489 e. The summed E-state index contributed by atoms with van der Waals surface area (Å²) in [6.45, 7) is 2.85. The molecule has 0 saturated carbocycles. The van der Waals surface area contributed by atoms with Crippen LogP contribution in [0.4, 0.5) is 5.69 Å². The fourth-order valence-corrected chi connectivity index (χ4v) is 3.31. The summed E-state index contributed by atoms with van der Waals surface area (Å²) in [7, 11) is 0. The number of anilines is 1. The van der Waals surface area contributed by atoms with Crippen LogP contribution in [0.15, 0.2) is 72.8 Å². The first-order chi connectivity index (χ1) is 13.2. The van der Waals surface area contributed by atoms with Crippen LogP contribution >= 0.6 is 22.6 Å². The Bertz CT molecular complexity index is 898. The van der Waals surface area contributed by atoms with Crippen LogP contribution in [0.5, 0.6) is 11.5 Å². The Hall–Kier alpha value is -2.54. The molecular weight excluding hydrogens is 453 g/mol. The first-order valence-electron chi connectivity index (χ1n) is 8.67. The molecule has 3 aromatic rings. The van der Waals surface area contributed by atoms with Gasteiger partial charge in [0.05, 0.1) is 10.2 Å². The summed E-state index contributed by atoms with van der Waals surface area (Å²) in [6, 6.07) is 22.8. The Kier molecular flexibility index (Phi) is 6.70. The number of nitrogens with one attached hydrogen (secondary N) is 1. The number of hydrogen-bond donors (Lipinski definition) is 1. The molecule has 0 bridgehead atoms. The summed E-state index contributed by atoms with van der Waals surface area (Å²) in [6.07, 6.45) is 0. The number of carbonyl (C=O) groups excluding carboxylic acids is 1. The normalized spacial score (nSPS) is 10.3. The number of amides is 1. The predicted molar refractivity (Wildman–Crippen MR) is 115 cm³/mol. The molecule has 4 nitrogen and oxygen atoms in total. The van der Waals surface area contributed by atoms with Crippen molar-refractivity contribution in [2.75, 3.05) is 11.9 Å². The summed E-state index contributed by atoms with van der Waals surface area (Å²) < 4.78 is 12.6. The molecule has 0 fully saturated rings. The van der Waals surface area contributed by atoms with Crippen LogP contribution in [0.3, 0.4) is 0 Å². The SMILES string of the molecule is CCOc1c(I)cc(C(=O)Nc2ccccc2)cc1OCc1ccccc1. The highest BCUT2D eigenvalue weighted by Crippen LogP contribution is 2.35. The lowest BCUT2D eigenvalue weighted by Gasteiger charge is -2.15. The van der Waals surface area contributed by atoms with E-state index in [-0.39, 0.29) is 5.91 Å². The molecule has 1 N–H and O–H groups in total. The molecule has 0 unspecified atom stereocenters. The van der Waals surface area contributed by atoms with Crippen molar-refractivity contribution < 1.29 is 14.3 Å². The van der Waals surface area contributed by atoms with E-state index in [0.29, 0.717) is 30.3 Å². The van der Waals surface area contributed by atoms with Gasteiger partial charge in [-0.25, -0.2) is 0 Å². The van der Waals surface area contributed by atoms with Gasteiger partial charge in [-0.15, -0.1) is 0 Å². The standard InChI is InChI=1S/C22H20INO3/c1-2-26-21-19(23)13-17(22(25)24-18-11-7-4-8-12-18)14-20(21)27-15-16-9-5-3-6-10-16/h3-14H,2,15H2,1H3,(H,24,25). The molecular formula is C22H20INO3. The molecule has 0 radical (unpaired) electrons. The lowest BCUT2D eigenvalue weighted by molar-refractivity contribution is 0.102. The topological polar surface area (TPSA) is 47.6 Å². The first kappa shape index (κ1) is 19.2. The Labute approximate surface area is 172 Å². The number of hydrogen-bond acceptors (Lipinski definition) is 3. The maximum atomic E-state index is 12.7. The minimum atomic E-state index is -0.188. The van der Waals surface area contributed by atoms with Crippen LogP contribution in [-0.2, 0) is 6.61 Å². The molecule has 27 heavy (non-hydrogen) atoms. The number of rotatable bonds is 7. The monoisotopic (exact) mass is 473 g/mol. The van der Waals surface area contributed by atoms with Crippen LogP contribution in [-0.4, -0.2) is 12.5 Å². The molecule has 0 spiro atoms. The van der Waals surface area contributed by atoms with Gasteiger partial charge in [0.2, 0.25) is 0 Å². The van der Waals surface area contributed by atoms with E-state index in [0.717, 1.165) is 14.8 Å². The van der Waals surface area contributed by atoms with Gasteiger partial charge in [-0.3, -0.25) is 4.79 Å². The van der Waals surface area contributed by atoms with Gasteiger partial charge in [0.1, 0.15) is 6.61 Å². The Morgan fingerprint density at radius 1 is 0.963 bits per heavy atom. The van der Waals surface area contributed by atoms with Gasteiger partial charge in [0.25, 0.3) is 5.91 Å². The van der Waals surface area contributed by atoms with Crippen molar-refractivity contribution in [3.63, 3.8) is 0 Å². The summed E-state index contributed by atoms with van der Waals surface area (Å²) in [5.74, 6) is 1.03. The number of halogens is 1. The third kappa shape index (κ3) is 5.23. The summed E-state index contributed by atoms with van der Waals surface area (Å²) in [4.78, 5) is 12.7. The van der Waals surface area contributed by atoms with Gasteiger partial charge in [0.15, 0.2) is 11.5 Å². The van der Waals surface area contributed by atoms with Gasteiger partial charge in [-0.1, -0.05) is 48.5 Å². The zero-order chi connectivity index (χ0) is 19.1. The Balaban J connectivity index is 1.84. The molecule has 0 aliphatic carbocycles. The van der Waals surface area contributed by atoms with E-state index in [9.17, 15) is 4.79 Å². The van der Waals surface area contributed by atoms with Crippen molar-refractivity contribution in [3.05, 3.63) is 87.5 Å². The van der Waals surface area contributed by atoms with E-state index >= 15 is 0 Å². The van der Waals surface area contributed by atoms with Gasteiger partial charge in [0, 0.05) is 11.3 Å². The number of carbonyl (C=O) groups is 1. The van der Waals surface area contributed by atoms with Gasteiger partial charge < -0.3 is 14.8 Å². The zero-order valence-corrected chi connectivity index (χ0v) is 17.1. The van der Waals surface area contributed by atoms with Crippen molar-refractivity contribution in [2.45, 2.75) is 13.5 Å². The van der Waals surface area contributed by atoms with E-state index in [1.165, 1.54) is 0 Å². The molecule has 1 amide bonds. The van der Waals surface area contributed by atoms with Gasteiger partial charge in [-0.2, -0.15) is 0 Å². The van der Waals surface area contributed by atoms with E-state index in [1.807, 2.05) is 67.6 Å². The molecule has 3 rings (SSSR count). The fraction of sp³-hybridized carbons (Fsp3) is 0.136. The molecule has 0 heterocycles. The number of benzene rings is 3. The zero-order valence-electron chi connectivity index (χ0n) is 14.9. The maximum absolute atomic E-state index is 12.7. The van der Waals surface area contributed by atoms with Crippen molar-refractivity contribution in [1.82, 2.24) is 0 Å². The molecule has 0 aliphatic heterocycles. The predicted octanol–water partition coefficient (Wildman–Crippen LogP) is 5.52. The fourth-order valence-electron chi connectivity index (χ4n) is 2.55. The number of para-hydroxylation sites is 1. The summed E-state index contributed by atoms with van der Waals surface area (Å²) in [5.41, 5.74) is 2.32. The molecule has 0 saturated heterocycles. The lowest BCUT2D eigenvalue weighted by atomic mass is 10.1. The van der Waals surface area contributed by atoms with E-state index in [4.69, 9.17) is 9.47 Å². The lowest BCUT2D eigenvalue weighted by Crippen LogP contribution is -2.13. The van der Waals surface area contributed by atoms with Gasteiger partial charge in [-0.05, 0) is 59.3 Å². The van der Waals surface area contributed by atoms with Crippen molar-refractivity contribution in [1.29, 1.82) is 0 Å².